The second-order valence-electron chi connectivity index (χ2n) is 7.39. The Morgan fingerprint density at radius 1 is 1.34 bits per heavy atom. The van der Waals surface area contributed by atoms with E-state index < -0.39 is 12.1 Å². The number of carbonyl (C=O) groups is 3. The van der Waals surface area contributed by atoms with Crippen molar-refractivity contribution in [3.63, 3.8) is 0 Å². The molecule has 0 fully saturated rings. The fourth-order valence-electron chi connectivity index (χ4n) is 3.41. The average molecular weight is 457 g/mol. The largest absolute Gasteiger partial charge is 0.462 e. The molecule has 168 valence electrons. The highest BCUT2D eigenvalue weighted by molar-refractivity contribution is 7.16. The van der Waals surface area contributed by atoms with Crippen LogP contribution in [0.3, 0.4) is 0 Å². The number of rotatable bonds is 7. The molecule has 2 aromatic rings. The lowest BCUT2D eigenvalue weighted by atomic mass is 9.99. The number of carbonyl (C=O) groups excluding carboxylic acids is 3. The molecule has 1 atom stereocenters. The zero-order chi connectivity index (χ0) is 23.1. The Hall–Kier alpha value is -3.45. The molecular weight excluding hydrogens is 432 g/mol. The molecule has 3 rings (SSSR count). The van der Waals surface area contributed by atoms with Gasteiger partial charge in [0.2, 0.25) is 5.91 Å². The number of aromatic nitrogens is 1. The lowest BCUT2D eigenvalue weighted by Crippen LogP contribution is -2.36. The van der Waals surface area contributed by atoms with E-state index >= 15 is 0 Å². The van der Waals surface area contributed by atoms with Gasteiger partial charge in [0.25, 0.3) is 0 Å². The highest BCUT2D eigenvalue weighted by Crippen LogP contribution is 2.37. The van der Waals surface area contributed by atoms with E-state index in [0.717, 1.165) is 16.0 Å². The minimum absolute atomic E-state index is 0.00535. The maximum Gasteiger partial charge on any atom is 0.410 e. The third-order valence-electron chi connectivity index (χ3n) is 5.04. The van der Waals surface area contributed by atoms with Crippen LogP contribution in [0.15, 0.2) is 24.5 Å². The van der Waals surface area contributed by atoms with E-state index in [-0.39, 0.29) is 31.5 Å². The van der Waals surface area contributed by atoms with E-state index in [9.17, 15) is 19.6 Å². The van der Waals surface area contributed by atoms with Crippen molar-refractivity contribution in [1.82, 2.24) is 9.88 Å². The van der Waals surface area contributed by atoms with Crippen molar-refractivity contribution in [1.29, 1.82) is 5.26 Å². The SMILES string of the molecule is CC(=O)OCCOC(=O)N1CCc2c(sc(NC(=O)CC(C)c3cccnc3)c2C#N)C1. The molecule has 2 amide bonds. The minimum atomic E-state index is -0.509. The number of amides is 2. The minimum Gasteiger partial charge on any atom is -0.462 e. The molecule has 1 aliphatic rings. The van der Waals surface area contributed by atoms with Gasteiger partial charge in [-0.05, 0) is 29.5 Å². The Kier molecular flexibility index (Phi) is 7.78. The summed E-state index contributed by atoms with van der Waals surface area (Å²) >= 11 is 1.31. The number of ether oxygens (including phenoxy) is 2. The van der Waals surface area contributed by atoms with Crippen LogP contribution >= 0.6 is 11.3 Å². The summed E-state index contributed by atoms with van der Waals surface area (Å²) in [7, 11) is 0. The van der Waals surface area contributed by atoms with Gasteiger partial charge in [0.1, 0.15) is 24.3 Å². The number of thiophene rings is 1. The van der Waals surface area contributed by atoms with Crippen LogP contribution in [0.4, 0.5) is 9.80 Å². The molecule has 9 nitrogen and oxygen atoms in total. The first kappa shape index (κ1) is 23.2. The number of esters is 1. The molecule has 1 unspecified atom stereocenters. The fraction of sp³-hybridized carbons (Fsp3) is 0.409. The maximum atomic E-state index is 12.6. The zero-order valence-corrected chi connectivity index (χ0v) is 18.7. The summed E-state index contributed by atoms with van der Waals surface area (Å²) in [6.45, 7) is 3.91. The van der Waals surface area contributed by atoms with Crippen LogP contribution in [-0.4, -0.2) is 47.6 Å². The number of fused-ring (bicyclic) bond motifs is 1. The second kappa shape index (κ2) is 10.7. The molecule has 0 radical (unpaired) electrons. The summed E-state index contributed by atoms with van der Waals surface area (Å²) < 4.78 is 9.88. The average Bonchev–Trinajstić information content (AvgIpc) is 3.12. The Morgan fingerprint density at radius 3 is 2.81 bits per heavy atom. The number of pyridine rings is 1. The van der Waals surface area contributed by atoms with Crippen LogP contribution in [0.2, 0.25) is 0 Å². The molecule has 3 heterocycles. The number of anilines is 1. The van der Waals surface area contributed by atoms with Crippen molar-refractivity contribution < 1.29 is 23.9 Å². The van der Waals surface area contributed by atoms with Crippen LogP contribution in [-0.2, 0) is 32.0 Å². The van der Waals surface area contributed by atoms with Crippen molar-refractivity contribution in [2.45, 2.75) is 39.2 Å². The van der Waals surface area contributed by atoms with Gasteiger partial charge in [-0.3, -0.25) is 14.6 Å². The molecule has 0 bridgehead atoms. The predicted octanol–water partition coefficient (Wildman–Crippen LogP) is 3.20. The van der Waals surface area contributed by atoms with Gasteiger partial charge in [-0.2, -0.15) is 5.26 Å². The standard InChI is InChI=1S/C22H24N4O5S/c1-14(16-4-3-6-24-12-16)10-20(28)25-21-18(11-23)17-5-7-26(13-19(17)32-21)22(29)31-9-8-30-15(2)27/h3-4,6,12,14H,5,7-10,13H2,1-2H3,(H,25,28). The van der Waals surface area contributed by atoms with Crippen LogP contribution in [0.5, 0.6) is 0 Å². The van der Waals surface area contributed by atoms with Crippen molar-refractivity contribution in [2.75, 3.05) is 25.1 Å². The summed E-state index contributed by atoms with van der Waals surface area (Å²) in [6, 6.07) is 5.95. The molecule has 1 aliphatic heterocycles. The van der Waals surface area contributed by atoms with Gasteiger partial charge in [-0.25, -0.2) is 4.79 Å². The van der Waals surface area contributed by atoms with Gasteiger partial charge in [-0.15, -0.1) is 11.3 Å². The lowest BCUT2D eigenvalue weighted by molar-refractivity contribution is -0.142. The summed E-state index contributed by atoms with van der Waals surface area (Å²) in [4.78, 5) is 42.1. The fourth-order valence-corrected chi connectivity index (χ4v) is 4.64. The third kappa shape index (κ3) is 5.82. The summed E-state index contributed by atoms with van der Waals surface area (Å²) in [6.07, 6.45) is 3.67. The predicted molar refractivity (Wildman–Crippen MR) is 117 cm³/mol. The van der Waals surface area contributed by atoms with Crippen LogP contribution in [0, 0.1) is 11.3 Å². The zero-order valence-electron chi connectivity index (χ0n) is 17.9. The third-order valence-corrected chi connectivity index (χ3v) is 6.17. The monoisotopic (exact) mass is 456 g/mol. The molecule has 10 heteroatoms. The molecule has 2 aromatic heterocycles. The Balaban J connectivity index is 1.61. The van der Waals surface area contributed by atoms with Crippen LogP contribution in [0.25, 0.3) is 0 Å². The Morgan fingerprint density at radius 2 is 2.12 bits per heavy atom. The van der Waals surface area contributed by atoms with E-state index in [1.54, 1.807) is 12.4 Å². The van der Waals surface area contributed by atoms with Crippen LogP contribution in [0.1, 0.15) is 47.8 Å². The smallest absolute Gasteiger partial charge is 0.410 e. The van der Waals surface area contributed by atoms with Crippen LogP contribution < -0.4 is 5.32 Å². The Bertz CT molecular complexity index is 1030. The normalized spacial score (nSPS) is 13.5. The molecule has 0 aliphatic carbocycles. The van der Waals surface area contributed by atoms with Gasteiger partial charge in [0, 0.05) is 37.2 Å². The molecule has 0 aromatic carbocycles. The van der Waals surface area contributed by atoms with Gasteiger partial charge >= 0.3 is 12.1 Å². The molecule has 0 saturated heterocycles. The van der Waals surface area contributed by atoms with Gasteiger partial charge in [0.05, 0.1) is 12.1 Å². The van der Waals surface area contributed by atoms with Crippen molar-refractivity contribution in [3.8, 4) is 6.07 Å². The first-order chi connectivity index (χ1) is 15.4. The van der Waals surface area contributed by atoms with Gasteiger partial charge < -0.3 is 19.7 Å². The number of hydrogen-bond donors (Lipinski definition) is 1. The number of nitrogens with one attached hydrogen (secondary N) is 1. The van der Waals surface area contributed by atoms with E-state index in [2.05, 4.69) is 16.4 Å². The van der Waals surface area contributed by atoms with Gasteiger partial charge in [-0.1, -0.05) is 13.0 Å². The highest BCUT2D eigenvalue weighted by atomic mass is 32.1. The lowest BCUT2D eigenvalue weighted by Gasteiger charge is -2.26. The molecule has 32 heavy (non-hydrogen) atoms. The molecule has 0 saturated carbocycles. The second-order valence-corrected chi connectivity index (χ2v) is 8.49. The molecular formula is C22H24N4O5S. The molecule has 0 spiro atoms. The number of hydrogen-bond acceptors (Lipinski definition) is 8. The highest BCUT2D eigenvalue weighted by Gasteiger charge is 2.28. The first-order valence-corrected chi connectivity index (χ1v) is 11.0. The van der Waals surface area contributed by atoms with Crippen molar-refractivity contribution in [2.24, 2.45) is 0 Å². The molecule has 1 N–H and O–H groups in total. The van der Waals surface area contributed by atoms with Crippen molar-refractivity contribution >= 4 is 34.3 Å². The topological polar surface area (TPSA) is 122 Å². The number of nitrogens with zero attached hydrogens (tertiary/aromatic N) is 3. The number of nitriles is 1. The Labute approximate surface area is 190 Å². The maximum absolute atomic E-state index is 12.6. The van der Waals surface area contributed by atoms with E-state index in [4.69, 9.17) is 9.47 Å². The van der Waals surface area contributed by atoms with E-state index in [1.165, 1.54) is 23.2 Å². The van der Waals surface area contributed by atoms with E-state index in [0.29, 0.717) is 30.1 Å². The van der Waals surface area contributed by atoms with Crippen molar-refractivity contribution in [3.05, 3.63) is 46.1 Å². The summed E-state index contributed by atoms with van der Waals surface area (Å²) in [5, 5.41) is 13.0. The van der Waals surface area contributed by atoms with E-state index in [1.807, 2.05) is 19.1 Å². The first-order valence-electron chi connectivity index (χ1n) is 10.2. The summed E-state index contributed by atoms with van der Waals surface area (Å²) in [5.41, 5.74) is 2.28. The van der Waals surface area contributed by atoms with Gasteiger partial charge in [0.15, 0.2) is 0 Å². The quantitative estimate of drug-likeness (QED) is 0.501. The summed E-state index contributed by atoms with van der Waals surface area (Å²) in [5.74, 6) is -0.630.